The summed E-state index contributed by atoms with van der Waals surface area (Å²) in [6.07, 6.45) is 3.35. The fraction of sp³-hybridized carbons (Fsp3) is 0.571. The second-order valence-corrected chi connectivity index (χ2v) is 2.73. The molecule has 0 aromatic rings. The maximum absolute atomic E-state index is 9.11. The van der Waals surface area contributed by atoms with Crippen molar-refractivity contribution >= 4 is 5.71 Å². The number of hydrogen-bond acceptors (Lipinski definition) is 1. The fourth-order valence-electron chi connectivity index (χ4n) is 0.335. The predicted octanol–water partition coefficient (Wildman–Crippen LogP) is -0.467. The molecule has 0 aromatic carbocycles. The molecule has 0 fully saturated rings. The van der Waals surface area contributed by atoms with Crippen LogP contribution >= 0.6 is 0 Å². The van der Waals surface area contributed by atoms with Crippen LogP contribution in [0.4, 0.5) is 0 Å². The summed E-state index contributed by atoms with van der Waals surface area (Å²) >= 11 is 0. The molecule has 0 atom stereocenters. The summed E-state index contributed by atoms with van der Waals surface area (Å²) in [7, 11) is 0. The minimum absolute atomic E-state index is 0.706. The third-order valence-corrected chi connectivity index (χ3v) is 0.754. The third kappa shape index (κ3) is 7.37. The molecule has 0 saturated carbocycles. The molecule has 0 heterocycles. The van der Waals surface area contributed by atoms with Gasteiger partial charge in [-0.25, -0.2) is 0 Å². The van der Waals surface area contributed by atoms with Gasteiger partial charge in [-0.05, 0) is 19.9 Å². The van der Waals surface area contributed by atoms with Crippen LogP contribution in [0.5, 0.6) is 0 Å². The molecule has 0 unspecified atom stereocenters. The summed E-state index contributed by atoms with van der Waals surface area (Å²) in [5, 5.41) is 14.4. The van der Waals surface area contributed by atoms with Crippen molar-refractivity contribution in [3.8, 4) is 0 Å². The van der Waals surface area contributed by atoms with E-state index in [1.807, 2.05) is 0 Å². The van der Waals surface area contributed by atoms with E-state index in [4.69, 9.17) is 10.5 Å². The van der Waals surface area contributed by atoms with Crippen molar-refractivity contribution in [3.05, 3.63) is 12.2 Å². The van der Waals surface area contributed by atoms with E-state index in [9.17, 15) is 0 Å². The van der Waals surface area contributed by atoms with Gasteiger partial charge in [-0.1, -0.05) is 0 Å². The van der Waals surface area contributed by atoms with Crippen molar-refractivity contribution < 1.29 is 10.5 Å². The fourth-order valence-corrected chi connectivity index (χ4v) is 0.335. The summed E-state index contributed by atoms with van der Waals surface area (Å²) in [6, 6.07) is 0. The molecule has 0 rings (SSSR count). The number of rotatable bonds is 2. The molecule has 0 radical (unpaired) electrons. The SMILES string of the molecule is CC(=[NH2+])/C=C\C(C)(C)O. The topological polar surface area (TPSA) is 45.8 Å². The highest BCUT2D eigenvalue weighted by molar-refractivity contribution is 5.87. The standard InChI is InChI=1S/C7H13NO/c1-6(8)4-5-7(2,3)9/h4-5,8-9H,1-3H3/p+1/b5-4-,8-6?. The zero-order chi connectivity index (χ0) is 7.49. The minimum atomic E-state index is -0.749. The molecule has 0 saturated heterocycles. The van der Waals surface area contributed by atoms with Crippen LogP contribution < -0.4 is 5.41 Å². The highest BCUT2D eigenvalue weighted by Gasteiger charge is 2.05. The normalized spacial score (nSPS) is 12.4. The Bertz CT molecular complexity index is 130. The van der Waals surface area contributed by atoms with E-state index in [0.717, 1.165) is 0 Å². The van der Waals surface area contributed by atoms with Crippen LogP contribution in [0.15, 0.2) is 12.2 Å². The lowest BCUT2D eigenvalue weighted by atomic mass is 10.1. The average molecular weight is 128 g/mol. The van der Waals surface area contributed by atoms with Gasteiger partial charge in [0.25, 0.3) is 0 Å². The highest BCUT2D eigenvalue weighted by atomic mass is 16.3. The van der Waals surface area contributed by atoms with Crippen molar-refractivity contribution in [2.45, 2.75) is 26.4 Å². The van der Waals surface area contributed by atoms with Crippen molar-refractivity contribution in [2.24, 2.45) is 0 Å². The van der Waals surface area contributed by atoms with Gasteiger partial charge in [0.15, 0.2) is 5.71 Å². The molecule has 0 aliphatic rings. The lowest BCUT2D eigenvalue weighted by Gasteiger charge is -2.08. The first kappa shape index (κ1) is 8.37. The van der Waals surface area contributed by atoms with E-state index in [1.54, 1.807) is 32.9 Å². The Labute approximate surface area is 55.7 Å². The van der Waals surface area contributed by atoms with Crippen LogP contribution in [0.3, 0.4) is 0 Å². The Morgan fingerprint density at radius 3 is 2.11 bits per heavy atom. The van der Waals surface area contributed by atoms with E-state index < -0.39 is 5.60 Å². The van der Waals surface area contributed by atoms with Gasteiger partial charge in [0.2, 0.25) is 0 Å². The first-order valence-corrected chi connectivity index (χ1v) is 2.92. The molecule has 3 N–H and O–H groups in total. The molecule has 0 amide bonds. The first-order valence-electron chi connectivity index (χ1n) is 2.92. The summed E-state index contributed by atoms with van der Waals surface area (Å²) in [5.74, 6) is 0. The molecule has 0 bridgehead atoms. The van der Waals surface area contributed by atoms with Crippen LogP contribution in [0.2, 0.25) is 0 Å². The summed E-state index contributed by atoms with van der Waals surface area (Å²) in [5.41, 5.74) is -0.0437. The molecule has 9 heavy (non-hydrogen) atoms. The molecular formula is C7H14NO+. The minimum Gasteiger partial charge on any atom is -0.386 e. The zero-order valence-corrected chi connectivity index (χ0v) is 6.18. The van der Waals surface area contributed by atoms with Crippen LogP contribution in [0, 0.1) is 0 Å². The van der Waals surface area contributed by atoms with Crippen LogP contribution in [-0.4, -0.2) is 16.4 Å². The lowest BCUT2D eigenvalue weighted by molar-refractivity contribution is -0.112. The molecular weight excluding hydrogens is 114 g/mol. The largest absolute Gasteiger partial charge is 0.386 e. The number of allylic oxidation sites excluding steroid dienone is 1. The van der Waals surface area contributed by atoms with E-state index in [2.05, 4.69) is 0 Å². The van der Waals surface area contributed by atoms with Crippen molar-refractivity contribution in [1.82, 2.24) is 0 Å². The number of hydrogen-bond donors (Lipinski definition) is 2. The summed E-state index contributed by atoms with van der Waals surface area (Å²) < 4.78 is 0. The average Bonchev–Trinajstić information content (AvgIpc) is 1.59. The van der Waals surface area contributed by atoms with Gasteiger partial charge in [0.1, 0.15) is 0 Å². The Morgan fingerprint density at radius 1 is 1.56 bits per heavy atom. The quantitative estimate of drug-likeness (QED) is 0.485. The molecule has 2 nitrogen and oxygen atoms in total. The van der Waals surface area contributed by atoms with Gasteiger partial charge >= 0.3 is 0 Å². The number of nitrogens with two attached hydrogens (primary N) is 1. The molecule has 0 aliphatic carbocycles. The van der Waals surface area contributed by atoms with Gasteiger partial charge in [0, 0.05) is 13.0 Å². The van der Waals surface area contributed by atoms with E-state index in [1.165, 1.54) is 0 Å². The van der Waals surface area contributed by atoms with Gasteiger partial charge in [-0.2, -0.15) is 0 Å². The highest BCUT2D eigenvalue weighted by Crippen LogP contribution is 2.01. The Hall–Kier alpha value is -0.630. The van der Waals surface area contributed by atoms with Gasteiger partial charge in [-0.15, -0.1) is 0 Å². The van der Waals surface area contributed by atoms with Crippen molar-refractivity contribution in [1.29, 1.82) is 0 Å². The van der Waals surface area contributed by atoms with Crippen molar-refractivity contribution in [3.63, 3.8) is 0 Å². The van der Waals surface area contributed by atoms with Crippen LogP contribution in [0.25, 0.3) is 0 Å². The van der Waals surface area contributed by atoms with Crippen LogP contribution in [-0.2, 0) is 0 Å². The second-order valence-electron chi connectivity index (χ2n) is 2.73. The van der Waals surface area contributed by atoms with Gasteiger partial charge < -0.3 is 5.11 Å². The molecule has 0 aromatic heterocycles. The Kier molecular flexibility index (Phi) is 2.59. The maximum atomic E-state index is 9.11. The van der Waals surface area contributed by atoms with E-state index in [-0.39, 0.29) is 0 Å². The van der Waals surface area contributed by atoms with Crippen LogP contribution in [0.1, 0.15) is 20.8 Å². The van der Waals surface area contributed by atoms with E-state index >= 15 is 0 Å². The van der Waals surface area contributed by atoms with Gasteiger partial charge in [0.05, 0.1) is 5.60 Å². The summed E-state index contributed by atoms with van der Waals surface area (Å²) in [6.45, 7) is 5.18. The number of aliphatic hydroxyl groups is 1. The summed E-state index contributed by atoms with van der Waals surface area (Å²) in [4.78, 5) is 0. The predicted molar refractivity (Wildman–Crippen MR) is 38.0 cm³/mol. The maximum Gasteiger partial charge on any atom is 0.169 e. The molecule has 52 valence electrons. The zero-order valence-electron chi connectivity index (χ0n) is 6.18. The second kappa shape index (κ2) is 2.78. The smallest absolute Gasteiger partial charge is 0.169 e. The molecule has 0 spiro atoms. The lowest BCUT2D eigenvalue weighted by Crippen LogP contribution is -2.36. The Balaban J connectivity index is 3.86. The Morgan fingerprint density at radius 2 is 2.00 bits per heavy atom. The monoisotopic (exact) mass is 128 g/mol. The molecule has 0 aliphatic heterocycles. The van der Waals surface area contributed by atoms with Gasteiger partial charge in [-0.3, -0.25) is 5.41 Å². The first-order chi connectivity index (χ1) is 3.92. The van der Waals surface area contributed by atoms with Crippen molar-refractivity contribution in [2.75, 3.05) is 0 Å². The van der Waals surface area contributed by atoms with E-state index in [0.29, 0.717) is 5.71 Å². The molecule has 2 heteroatoms. The third-order valence-electron chi connectivity index (χ3n) is 0.754.